The monoisotopic (exact) mass is 415 g/mol. The van der Waals surface area contributed by atoms with Gasteiger partial charge in [0.15, 0.2) is 11.5 Å². The number of nitrogens with one attached hydrogen (secondary N) is 2. The molecule has 1 aromatic carbocycles. The summed E-state index contributed by atoms with van der Waals surface area (Å²) in [6, 6.07) is 4.82. The van der Waals surface area contributed by atoms with Crippen molar-refractivity contribution in [1.82, 2.24) is 10.2 Å². The second-order valence-electron chi connectivity index (χ2n) is 7.53. The lowest BCUT2D eigenvalue weighted by Crippen LogP contribution is -2.47. The highest BCUT2D eigenvalue weighted by molar-refractivity contribution is 6.04. The van der Waals surface area contributed by atoms with Crippen molar-refractivity contribution in [2.24, 2.45) is 0 Å². The molecule has 2 aromatic rings. The maximum atomic E-state index is 13.5. The van der Waals surface area contributed by atoms with E-state index in [0.717, 1.165) is 24.8 Å². The fraction of sp³-hybridized carbons (Fsp3) is 0.455. The highest BCUT2D eigenvalue weighted by Crippen LogP contribution is 2.35. The average molecular weight is 415 g/mol. The van der Waals surface area contributed by atoms with Crippen molar-refractivity contribution >= 4 is 17.6 Å². The third-order valence-electron chi connectivity index (χ3n) is 5.46. The number of carbonyl (C=O) groups is 2. The fourth-order valence-electron chi connectivity index (χ4n) is 3.86. The van der Waals surface area contributed by atoms with Crippen LogP contribution in [-0.2, 0) is 6.54 Å². The van der Waals surface area contributed by atoms with Crippen molar-refractivity contribution in [3.63, 3.8) is 0 Å². The highest BCUT2D eigenvalue weighted by Gasteiger charge is 2.32. The van der Waals surface area contributed by atoms with Crippen molar-refractivity contribution in [2.45, 2.75) is 51.7 Å². The molecule has 1 aromatic heterocycles. The van der Waals surface area contributed by atoms with Gasteiger partial charge in [-0.2, -0.15) is 0 Å². The van der Waals surface area contributed by atoms with Crippen molar-refractivity contribution < 1.29 is 23.5 Å². The Morgan fingerprint density at radius 1 is 1.13 bits per heavy atom. The Morgan fingerprint density at radius 3 is 2.40 bits per heavy atom. The van der Waals surface area contributed by atoms with Gasteiger partial charge >= 0.3 is 6.03 Å². The number of rotatable bonds is 6. The van der Waals surface area contributed by atoms with Gasteiger partial charge in [-0.25, -0.2) is 4.79 Å². The summed E-state index contributed by atoms with van der Waals surface area (Å²) in [5, 5.41) is 5.54. The Morgan fingerprint density at radius 2 is 1.80 bits per heavy atom. The summed E-state index contributed by atoms with van der Waals surface area (Å²) in [5.41, 5.74) is 1.57. The number of urea groups is 1. The lowest BCUT2D eigenvalue weighted by Gasteiger charge is -2.39. The summed E-state index contributed by atoms with van der Waals surface area (Å²) in [7, 11) is 3.03. The van der Waals surface area contributed by atoms with Crippen LogP contribution >= 0.6 is 0 Å². The number of likely N-dealkylation sites (tertiary alicyclic amines) is 1. The first-order chi connectivity index (χ1) is 14.4. The number of hydrogen-bond donors (Lipinski definition) is 2. The van der Waals surface area contributed by atoms with E-state index in [4.69, 9.17) is 13.9 Å². The van der Waals surface area contributed by atoms with Gasteiger partial charge in [0.05, 0.1) is 38.0 Å². The maximum Gasteiger partial charge on any atom is 0.319 e. The molecule has 0 saturated carbocycles. The zero-order valence-corrected chi connectivity index (χ0v) is 17.9. The number of methoxy groups -OCH3 is 2. The van der Waals surface area contributed by atoms with E-state index in [1.165, 1.54) is 14.2 Å². The van der Waals surface area contributed by atoms with Crippen LogP contribution in [0.2, 0.25) is 0 Å². The number of furan rings is 1. The summed E-state index contributed by atoms with van der Waals surface area (Å²) in [6.45, 7) is 4.41. The topological polar surface area (TPSA) is 93.0 Å². The minimum absolute atomic E-state index is 0.122. The molecule has 0 unspecified atom stereocenters. The molecular formula is C22H29N3O5. The van der Waals surface area contributed by atoms with Crippen LogP contribution in [0.25, 0.3) is 0 Å². The minimum Gasteiger partial charge on any atom is -0.493 e. The SMILES string of the molecule is COc1cc(NC(=O)NCc2ccoc2)c(C(=O)N2[C@H](C)CCC[C@H]2C)cc1OC. The largest absolute Gasteiger partial charge is 0.493 e. The van der Waals surface area contributed by atoms with Crippen molar-refractivity contribution in [3.05, 3.63) is 41.9 Å². The maximum absolute atomic E-state index is 13.5. The van der Waals surface area contributed by atoms with Crippen LogP contribution in [0.3, 0.4) is 0 Å². The molecular weight excluding hydrogens is 386 g/mol. The first-order valence-electron chi connectivity index (χ1n) is 10.1. The summed E-state index contributed by atoms with van der Waals surface area (Å²) in [4.78, 5) is 27.9. The molecule has 0 radical (unpaired) electrons. The van der Waals surface area contributed by atoms with Crippen molar-refractivity contribution in [2.75, 3.05) is 19.5 Å². The van der Waals surface area contributed by atoms with E-state index in [2.05, 4.69) is 24.5 Å². The summed E-state index contributed by atoms with van der Waals surface area (Å²) >= 11 is 0. The third-order valence-corrected chi connectivity index (χ3v) is 5.46. The zero-order chi connectivity index (χ0) is 21.7. The molecule has 2 N–H and O–H groups in total. The van der Waals surface area contributed by atoms with E-state index in [-0.39, 0.29) is 18.0 Å². The lowest BCUT2D eigenvalue weighted by atomic mass is 9.96. The molecule has 1 fully saturated rings. The van der Waals surface area contributed by atoms with Gasteiger partial charge in [0.25, 0.3) is 5.91 Å². The summed E-state index contributed by atoms with van der Waals surface area (Å²) < 4.78 is 15.8. The van der Waals surface area contributed by atoms with Crippen LogP contribution < -0.4 is 20.1 Å². The lowest BCUT2D eigenvalue weighted by molar-refractivity contribution is 0.0511. The van der Waals surface area contributed by atoms with Crippen LogP contribution in [-0.4, -0.2) is 43.1 Å². The molecule has 0 aliphatic carbocycles. The fourth-order valence-corrected chi connectivity index (χ4v) is 3.86. The molecule has 1 aliphatic heterocycles. The zero-order valence-electron chi connectivity index (χ0n) is 17.9. The molecule has 1 aliphatic rings. The third kappa shape index (κ3) is 4.69. The number of carbonyl (C=O) groups excluding carboxylic acids is 2. The molecule has 0 spiro atoms. The van der Waals surface area contributed by atoms with Crippen LogP contribution in [0.5, 0.6) is 11.5 Å². The van der Waals surface area contributed by atoms with Crippen LogP contribution in [0.1, 0.15) is 49.0 Å². The van der Waals surface area contributed by atoms with E-state index < -0.39 is 6.03 Å². The van der Waals surface area contributed by atoms with Crippen LogP contribution in [0.4, 0.5) is 10.5 Å². The van der Waals surface area contributed by atoms with Crippen molar-refractivity contribution in [3.8, 4) is 11.5 Å². The number of ether oxygens (including phenoxy) is 2. The Kier molecular flexibility index (Phi) is 6.87. The molecule has 3 amide bonds. The minimum atomic E-state index is -0.433. The average Bonchev–Trinajstić information content (AvgIpc) is 3.25. The number of nitrogens with zero attached hydrogens (tertiary/aromatic N) is 1. The van der Waals surface area contributed by atoms with E-state index >= 15 is 0 Å². The van der Waals surface area contributed by atoms with Crippen molar-refractivity contribution in [1.29, 1.82) is 0 Å². The summed E-state index contributed by atoms with van der Waals surface area (Å²) in [5.74, 6) is 0.724. The first-order valence-corrected chi connectivity index (χ1v) is 10.1. The van der Waals surface area contributed by atoms with E-state index in [1.807, 2.05) is 4.90 Å². The Labute approximate surface area is 176 Å². The van der Waals surface area contributed by atoms with Gasteiger partial charge in [-0.1, -0.05) is 0 Å². The number of anilines is 1. The van der Waals surface area contributed by atoms with Gasteiger partial charge in [0.2, 0.25) is 0 Å². The normalized spacial score (nSPS) is 18.6. The van der Waals surface area contributed by atoms with Gasteiger partial charge in [0, 0.05) is 30.3 Å². The molecule has 1 saturated heterocycles. The second-order valence-corrected chi connectivity index (χ2v) is 7.53. The van der Waals surface area contributed by atoms with Gasteiger partial charge in [-0.3, -0.25) is 4.79 Å². The number of hydrogen-bond acceptors (Lipinski definition) is 5. The first kappa shape index (κ1) is 21.5. The predicted octanol–water partition coefficient (Wildman–Crippen LogP) is 4.02. The number of amides is 3. The quantitative estimate of drug-likeness (QED) is 0.743. The van der Waals surface area contributed by atoms with Crippen LogP contribution in [0, 0.1) is 0 Å². The molecule has 2 atom stereocenters. The number of benzene rings is 1. The molecule has 30 heavy (non-hydrogen) atoms. The van der Waals surface area contributed by atoms with Gasteiger partial charge in [0.1, 0.15) is 0 Å². The van der Waals surface area contributed by atoms with E-state index in [0.29, 0.717) is 29.3 Å². The second kappa shape index (κ2) is 9.56. The Bertz CT molecular complexity index is 871. The van der Waals surface area contributed by atoms with E-state index in [9.17, 15) is 9.59 Å². The predicted molar refractivity (Wildman–Crippen MR) is 113 cm³/mol. The highest BCUT2D eigenvalue weighted by atomic mass is 16.5. The number of piperidine rings is 1. The summed E-state index contributed by atoms with van der Waals surface area (Å²) in [6.07, 6.45) is 6.11. The smallest absolute Gasteiger partial charge is 0.319 e. The Hall–Kier alpha value is -3.16. The molecule has 162 valence electrons. The Balaban J connectivity index is 1.88. The van der Waals surface area contributed by atoms with Gasteiger partial charge in [-0.15, -0.1) is 0 Å². The molecule has 8 heteroatoms. The van der Waals surface area contributed by atoms with Gasteiger partial charge < -0.3 is 29.4 Å². The molecule has 3 rings (SSSR count). The molecule has 0 bridgehead atoms. The van der Waals surface area contributed by atoms with E-state index in [1.54, 1.807) is 30.7 Å². The van der Waals surface area contributed by atoms with Crippen LogP contribution in [0.15, 0.2) is 35.1 Å². The molecule has 8 nitrogen and oxygen atoms in total. The molecule has 2 heterocycles. The standard InChI is InChI=1S/C22H29N3O5/c1-14-6-5-7-15(2)25(14)21(26)17-10-19(28-3)20(29-4)11-18(17)24-22(27)23-12-16-8-9-30-13-16/h8-11,13-15H,5-7,12H2,1-4H3,(H2,23,24,27)/t14-,15-/m1/s1. The van der Waals surface area contributed by atoms with Gasteiger partial charge in [-0.05, 0) is 45.2 Å².